The van der Waals surface area contributed by atoms with Crippen LogP contribution in [0.4, 0.5) is 0 Å². The van der Waals surface area contributed by atoms with E-state index < -0.39 is 6.10 Å². The third-order valence-corrected chi connectivity index (χ3v) is 6.78. The summed E-state index contributed by atoms with van der Waals surface area (Å²) in [7, 11) is 0. The Hall–Kier alpha value is -1.68. The second kappa shape index (κ2) is 8.77. The minimum absolute atomic E-state index is 0.424. The Morgan fingerprint density at radius 1 is 1.00 bits per heavy atom. The van der Waals surface area contributed by atoms with Crippen molar-refractivity contribution in [3.8, 4) is 0 Å². The monoisotopic (exact) mass is 437 g/mol. The van der Waals surface area contributed by atoms with Gasteiger partial charge in [-0.1, -0.05) is 70.0 Å². The number of aryl methyl sites for hydroxylation is 1. The molecule has 1 fully saturated rings. The molecule has 1 atom stereocenters. The topological polar surface area (TPSA) is 23.5 Å². The minimum atomic E-state index is -0.424. The van der Waals surface area contributed by atoms with Crippen LogP contribution >= 0.6 is 15.9 Å². The molecule has 4 rings (SSSR count). The lowest BCUT2D eigenvalue weighted by atomic mass is 9.89. The molecule has 0 radical (unpaired) electrons. The van der Waals surface area contributed by atoms with Gasteiger partial charge in [0.05, 0.1) is 6.10 Å². The van der Waals surface area contributed by atoms with E-state index in [1.165, 1.54) is 39.2 Å². The fourth-order valence-electron chi connectivity index (χ4n) is 4.31. The average molecular weight is 438 g/mol. The molecule has 146 valence electrons. The Morgan fingerprint density at radius 2 is 1.75 bits per heavy atom. The molecule has 3 aromatic carbocycles. The van der Waals surface area contributed by atoms with Crippen molar-refractivity contribution in [3.05, 3.63) is 81.8 Å². The Bertz CT molecular complexity index is 946. The third kappa shape index (κ3) is 4.65. The maximum absolute atomic E-state index is 10.8. The second-order valence-corrected chi connectivity index (χ2v) is 9.02. The van der Waals surface area contributed by atoms with E-state index in [1.54, 1.807) is 0 Å². The summed E-state index contributed by atoms with van der Waals surface area (Å²) in [6.07, 6.45) is 3.12. The predicted molar refractivity (Wildman–Crippen MR) is 121 cm³/mol. The molecule has 1 unspecified atom stereocenters. The number of piperidine rings is 1. The summed E-state index contributed by atoms with van der Waals surface area (Å²) in [5.41, 5.74) is 3.77. The van der Waals surface area contributed by atoms with Crippen molar-refractivity contribution in [2.75, 3.05) is 19.6 Å². The third-order valence-electron chi connectivity index (χ3n) is 6.01. The van der Waals surface area contributed by atoms with E-state index in [0.29, 0.717) is 0 Å². The van der Waals surface area contributed by atoms with Crippen LogP contribution in [0.15, 0.2) is 65.1 Å². The molecule has 0 saturated carbocycles. The van der Waals surface area contributed by atoms with Gasteiger partial charge in [0.2, 0.25) is 0 Å². The summed E-state index contributed by atoms with van der Waals surface area (Å²) >= 11 is 3.70. The lowest BCUT2D eigenvalue weighted by molar-refractivity contribution is 0.0893. The van der Waals surface area contributed by atoms with Gasteiger partial charge in [-0.2, -0.15) is 0 Å². The van der Waals surface area contributed by atoms with Crippen LogP contribution < -0.4 is 0 Å². The SMILES string of the molecule is Cc1ccc(Br)c(CC2CCN(CC(O)c3ccc4ccccc4c3)CC2)c1. The molecule has 1 saturated heterocycles. The number of fused-ring (bicyclic) bond motifs is 1. The molecule has 3 heteroatoms. The highest BCUT2D eigenvalue weighted by Crippen LogP contribution is 2.28. The number of rotatable bonds is 5. The van der Waals surface area contributed by atoms with E-state index in [0.717, 1.165) is 37.5 Å². The first-order valence-electron chi connectivity index (χ1n) is 10.2. The molecule has 1 aliphatic rings. The smallest absolute Gasteiger partial charge is 0.0917 e. The second-order valence-electron chi connectivity index (χ2n) is 8.17. The number of halogens is 1. The van der Waals surface area contributed by atoms with E-state index in [1.807, 2.05) is 0 Å². The van der Waals surface area contributed by atoms with Crippen LogP contribution in [0.5, 0.6) is 0 Å². The molecule has 3 aromatic rings. The summed E-state index contributed by atoms with van der Waals surface area (Å²) in [6, 6.07) is 21.3. The Morgan fingerprint density at radius 3 is 2.54 bits per heavy atom. The van der Waals surface area contributed by atoms with Gasteiger partial charge in [-0.15, -0.1) is 0 Å². The normalized spacial score (nSPS) is 17.1. The van der Waals surface area contributed by atoms with Crippen molar-refractivity contribution < 1.29 is 5.11 Å². The number of aliphatic hydroxyl groups excluding tert-OH is 1. The Balaban J connectivity index is 1.32. The zero-order chi connectivity index (χ0) is 19.5. The number of hydrogen-bond acceptors (Lipinski definition) is 2. The molecule has 1 N–H and O–H groups in total. The highest BCUT2D eigenvalue weighted by atomic mass is 79.9. The number of likely N-dealkylation sites (tertiary alicyclic amines) is 1. The summed E-state index contributed by atoms with van der Waals surface area (Å²) in [5.74, 6) is 0.729. The quantitative estimate of drug-likeness (QED) is 0.536. The van der Waals surface area contributed by atoms with Gasteiger partial charge < -0.3 is 10.0 Å². The summed E-state index contributed by atoms with van der Waals surface area (Å²) in [4.78, 5) is 2.42. The number of benzene rings is 3. The van der Waals surface area contributed by atoms with Gasteiger partial charge in [0.1, 0.15) is 0 Å². The zero-order valence-corrected chi connectivity index (χ0v) is 18.0. The molecule has 0 aliphatic carbocycles. The van der Waals surface area contributed by atoms with E-state index in [9.17, 15) is 5.11 Å². The Labute approximate surface area is 176 Å². The first-order chi connectivity index (χ1) is 13.6. The molecule has 28 heavy (non-hydrogen) atoms. The molecule has 0 spiro atoms. The van der Waals surface area contributed by atoms with E-state index in [-0.39, 0.29) is 0 Å². The minimum Gasteiger partial charge on any atom is -0.387 e. The van der Waals surface area contributed by atoms with Crippen molar-refractivity contribution in [2.24, 2.45) is 5.92 Å². The van der Waals surface area contributed by atoms with Crippen molar-refractivity contribution in [3.63, 3.8) is 0 Å². The van der Waals surface area contributed by atoms with Crippen LogP contribution in [0.1, 0.15) is 35.6 Å². The fraction of sp³-hybridized carbons (Fsp3) is 0.360. The number of nitrogens with zero attached hydrogens (tertiary/aromatic N) is 1. The van der Waals surface area contributed by atoms with Gasteiger partial charge in [-0.3, -0.25) is 0 Å². The number of hydrogen-bond donors (Lipinski definition) is 1. The lowest BCUT2D eigenvalue weighted by Crippen LogP contribution is -2.37. The summed E-state index contributed by atoms with van der Waals surface area (Å²) < 4.78 is 1.23. The largest absolute Gasteiger partial charge is 0.387 e. The molecule has 0 bridgehead atoms. The zero-order valence-electron chi connectivity index (χ0n) is 16.4. The molecule has 0 aromatic heterocycles. The van der Waals surface area contributed by atoms with Gasteiger partial charge in [0.15, 0.2) is 0 Å². The van der Waals surface area contributed by atoms with Crippen LogP contribution in [0.2, 0.25) is 0 Å². The summed E-state index contributed by atoms with van der Waals surface area (Å²) in [6.45, 7) is 5.02. The highest BCUT2D eigenvalue weighted by molar-refractivity contribution is 9.10. The molecule has 1 aliphatic heterocycles. The molecule has 1 heterocycles. The van der Waals surface area contributed by atoms with Gasteiger partial charge in [0, 0.05) is 11.0 Å². The average Bonchev–Trinajstić information content (AvgIpc) is 2.72. The maximum atomic E-state index is 10.8. The predicted octanol–water partition coefficient (Wildman–Crippen LogP) is 5.90. The van der Waals surface area contributed by atoms with Crippen molar-refractivity contribution in [1.82, 2.24) is 4.90 Å². The van der Waals surface area contributed by atoms with Crippen LogP contribution in [0.3, 0.4) is 0 Å². The van der Waals surface area contributed by atoms with Crippen molar-refractivity contribution in [1.29, 1.82) is 0 Å². The van der Waals surface area contributed by atoms with Crippen molar-refractivity contribution >= 4 is 26.7 Å². The molecule has 2 nitrogen and oxygen atoms in total. The number of β-amino-alcohol motifs (C(OH)–C–C–N with tert-alkyl or cyclic N) is 1. The Kier molecular flexibility index (Phi) is 6.15. The van der Waals surface area contributed by atoms with Gasteiger partial charge in [0.25, 0.3) is 0 Å². The molecular weight excluding hydrogens is 410 g/mol. The van der Waals surface area contributed by atoms with E-state index >= 15 is 0 Å². The first-order valence-corrected chi connectivity index (χ1v) is 11.0. The van der Waals surface area contributed by atoms with Crippen LogP contribution in [0.25, 0.3) is 10.8 Å². The van der Waals surface area contributed by atoms with Gasteiger partial charge >= 0.3 is 0 Å². The molecule has 0 amide bonds. The van der Waals surface area contributed by atoms with E-state index in [4.69, 9.17) is 0 Å². The van der Waals surface area contributed by atoms with E-state index in [2.05, 4.69) is 88.4 Å². The molecular formula is C25H28BrNO. The lowest BCUT2D eigenvalue weighted by Gasteiger charge is -2.33. The number of aliphatic hydroxyl groups is 1. The van der Waals surface area contributed by atoms with Gasteiger partial charge in [-0.05, 0) is 79.2 Å². The summed E-state index contributed by atoms with van der Waals surface area (Å²) in [5, 5.41) is 13.2. The first kappa shape index (κ1) is 19.6. The standard InChI is InChI=1S/C25H28BrNO/c1-18-6-9-24(26)23(14-18)15-19-10-12-27(13-11-19)17-25(28)22-8-7-20-4-2-3-5-21(20)16-22/h2-9,14,16,19,25,28H,10-13,15,17H2,1H3. The van der Waals surface area contributed by atoms with Gasteiger partial charge in [-0.25, -0.2) is 0 Å². The van der Waals surface area contributed by atoms with Crippen LogP contribution in [-0.2, 0) is 6.42 Å². The fourth-order valence-corrected chi connectivity index (χ4v) is 4.72. The highest BCUT2D eigenvalue weighted by Gasteiger charge is 2.22. The maximum Gasteiger partial charge on any atom is 0.0917 e. The van der Waals surface area contributed by atoms with Crippen LogP contribution in [-0.4, -0.2) is 29.6 Å². The van der Waals surface area contributed by atoms with Crippen molar-refractivity contribution in [2.45, 2.75) is 32.3 Å². The van der Waals surface area contributed by atoms with Crippen LogP contribution in [0, 0.1) is 12.8 Å².